The fraction of sp³-hybridized carbons (Fsp3) is 0.207. The van der Waals surface area contributed by atoms with Gasteiger partial charge >= 0.3 is 0 Å². The standard InChI is InChI=1S/C29H29N3O2/c33-27-15-8-14-25-24-16-18-32(20-26(24)31-28(25)27)19-22-12-4-5-13-23(22)29(34)30-17-7-6-11-21-9-2-1-3-10-21/h1-6,8-15,31,33H,7,16-20H2,(H,30,34)/b11-6+. The van der Waals surface area contributed by atoms with Crippen molar-refractivity contribution in [2.75, 3.05) is 13.1 Å². The summed E-state index contributed by atoms with van der Waals surface area (Å²) < 4.78 is 0. The van der Waals surface area contributed by atoms with Crippen molar-refractivity contribution in [3.05, 3.63) is 107 Å². The Balaban J connectivity index is 1.21. The van der Waals surface area contributed by atoms with E-state index in [0.717, 1.165) is 59.2 Å². The van der Waals surface area contributed by atoms with E-state index in [4.69, 9.17) is 0 Å². The first-order valence-electron chi connectivity index (χ1n) is 11.8. The molecule has 0 atom stereocenters. The minimum atomic E-state index is -0.0306. The van der Waals surface area contributed by atoms with Gasteiger partial charge in [-0.1, -0.05) is 72.8 Å². The number of amides is 1. The maximum atomic E-state index is 12.9. The van der Waals surface area contributed by atoms with Crippen LogP contribution in [0.25, 0.3) is 17.0 Å². The van der Waals surface area contributed by atoms with Crippen molar-refractivity contribution in [1.29, 1.82) is 0 Å². The van der Waals surface area contributed by atoms with E-state index < -0.39 is 0 Å². The van der Waals surface area contributed by atoms with Gasteiger partial charge in [0.1, 0.15) is 5.75 Å². The third kappa shape index (κ3) is 4.75. The van der Waals surface area contributed by atoms with E-state index >= 15 is 0 Å². The van der Waals surface area contributed by atoms with Gasteiger partial charge in [-0.05, 0) is 41.7 Å². The van der Waals surface area contributed by atoms with Crippen LogP contribution in [0.3, 0.4) is 0 Å². The highest BCUT2D eigenvalue weighted by atomic mass is 16.3. The molecule has 0 spiro atoms. The lowest BCUT2D eigenvalue weighted by Gasteiger charge is -2.27. The molecule has 0 fully saturated rings. The number of hydrogen-bond acceptors (Lipinski definition) is 3. The molecule has 0 bridgehead atoms. The Bertz CT molecular complexity index is 1320. The molecule has 1 aromatic heterocycles. The molecule has 0 saturated heterocycles. The second-order valence-corrected chi connectivity index (χ2v) is 8.76. The Kier molecular flexibility index (Phi) is 6.45. The third-order valence-corrected chi connectivity index (χ3v) is 6.43. The molecule has 5 nitrogen and oxygen atoms in total. The molecule has 3 N–H and O–H groups in total. The maximum Gasteiger partial charge on any atom is 0.251 e. The molecule has 0 aliphatic carbocycles. The summed E-state index contributed by atoms with van der Waals surface area (Å²) >= 11 is 0. The average Bonchev–Trinajstić information content (AvgIpc) is 3.24. The number of H-pyrrole nitrogens is 1. The smallest absolute Gasteiger partial charge is 0.251 e. The molecule has 2 heterocycles. The first-order chi connectivity index (χ1) is 16.7. The number of hydrogen-bond donors (Lipinski definition) is 3. The summed E-state index contributed by atoms with van der Waals surface area (Å²) in [7, 11) is 0. The lowest BCUT2D eigenvalue weighted by Crippen LogP contribution is -2.31. The minimum absolute atomic E-state index is 0.0306. The van der Waals surface area contributed by atoms with Crippen molar-refractivity contribution < 1.29 is 9.90 Å². The summed E-state index contributed by atoms with van der Waals surface area (Å²) in [6, 6.07) is 23.7. The van der Waals surface area contributed by atoms with Crippen LogP contribution in [0.1, 0.15) is 39.2 Å². The Morgan fingerprint density at radius 2 is 1.85 bits per heavy atom. The molecule has 5 rings (SSSR count). The van der Waals surface area contributed by atoms with Gasteiger partial charge in [0, 0.05) is 42.8 Å². The Morgan fingerprint density at radius 1 is 1.03 bits per heavy atom. The summed E-state index contributed by atoms with van der Waals surface area (Å²) in [4.78, 5) is 18.7. The van der Waals surface area contributed by atoms with Crippen molar-refractivity contribution in [2.45, 2.75) is 25.9 Å². The molecule has 0 unspecified atom stereocenters. The van der Waals surface area contributed by atoms with E-state index in [1.165, 1.54) is 5.56 Å². The van der Waals surface area contributed by atoms with E-state index in [9.17, 15) is 9.90 Å². The van der Waals surface area contributed by atoms with Gasteiger partial charge in [0.15, 0.2) is 0 Å². The predicted octanol–water partition coefficient (Wildman–Crippen LogP) is 5.27. The van der Waals surface area contributed by atoms with Gasteiger partial charge in [0.2, 0.25) is 0 Å². The number of carbonyl (C=O) groups is 1. The highest BCUT2D eigenvalue weighted by Gasteiger charge is 2.22. The average molecular weight is 452 g/mol. The number of carbonyl (C=O) groups excluding carboxylic acids is 1. The van der Waals surface area contributed by atoms with Crippen LogP contribution >= 0.6 is 0 Å². The van der Waals surface area contributed by atoms with Gasteiger partial charge in [-0.15, -0.1) is 0 Å². The molecular weight excluding hydrogens is 422 g/mol. The highest BCUT2D eigenvalue weighted by Crippen LogP contribution is 2.32. The normalized spacial score (nSPS) is 13.9. The van der Waals surface area contributed by atoms with Crippen LogP contribution in [0.2, 0.25) is 0 Å². The summed E-state index contributed by atoms with van der Waals surface area (Å²) in [5.41, 5.74) is 6.17. The monoisotopic (exact) mass is 451 g/mol. The molecule has 5 heteroatoms. The van der Waals surface area contributed by atoms with Gasteiger partial charge in [0.25, 0.3) is 5.91 Å². The van der Waals surface area contributed by atoms with Crippen LogP contribution in [0.15, 0.2) is 78.9 Å². The van der Waals surface area contributed by atoms with Crippen LogP contribution in [0, 0.1) is 0 Å². The van der Waals surface area contributed by atoms with Crippen molar-refractivity contribution >= 4 is 22.9 Å². The summed E-state index contributed by atoms with van der Waals surface area (Å²) in [6.45, 7) is 2.99. The third-order valence-electron chi connectivity index (χ3n) is 6.43. The first-order valence-corrected chi connectivity index (χ1v) is 11.8. The number of para-hydroxylation sites is 1. The van der Waals surface area contributed by atoms with Gasteiger partial charge in [0.05, 0.1) is 5.52 Å². The van der Waals surface area contributed by atoms with Crippen molar-refractivity contribution in [3.63, 3.8) is 0 Å². The minimum Gasteiger partial charge on any atom is -0.506 e. The second kappa shape index (κ2) is 9.98. The number of phenolic OH excluding ortho intramolecular Hbond substituents is 1. The number of nitrogens with zero attached hydrogens (tertiary/aromatic N) is 1. The largest absolute Gasteiger partial charge is 0.506 e. The quantitative estimate of drug-likeness (QED) is 0.336. The van der Waals surface area contributed by atoms with Crippen LogP contribution in [-0.2, 0) is 19.5 Å². The van der Waals surface area contributed by atoms with Crippen molar-refractivity contribution in [2.24, 2.45) is 0 Å². The molecule has 3 aromatic carbocycles. The summed E-state index contributed by atoms with van der Waals surface area (Å²) in [6.07, 6.45) is 5.87. The van der Waals surface area contributed by atoms with E-state index in [0.29, 0.717) is 18.8 Å². The zero-order valence-corrected chi connectivity index (χ0v) is 19.1. The zero-order valence-electron chi connectivity index (χ0n) is 19.1. The van der Waals surface area contributed by atoms with Gasteiger partial charge in [-0.2, -0.15) is 0 Å². The molecule has 34 heavy (non-hydrogen) atoms. The maximum absolute atomic E-state index is 12.9. The summed E-state index contributed by atoms with van der Waals surface area (Å²) in [5, 5.41) is 14.4. The fourth-order valence-electron chi connectivity index (χ4n) is 4.71. The SMILES string of the molecule is O=C(NCC/C=C/c1ccccc1)c1ccccc1CN1CCc2c([nH]c3c(O)cccc23)C1. The van der Waals surface area contributed by atoms with E-state index in [2.05, 4.69) is 45.6 Å². The zero-order chi connectivity index (χ0) is 23.3. The van der Waals surface area contributed by atoms with Crippen molar-refractivity contribution in [1.82, 2.24) is 15.2 Å². The molecule has 0 radical (unpaired) electrons. The molecule has 1 aliphatic rings. The second-order valence-electron chi connectivity index (χ2n) is 8.76. The number of benzene rings is 3. The Hall–Kier alpha value is -3.83. The van der Waals surface area contributed by atoms with Crippen LogP contribution in [0.5, 0.6) is 5.75 Å². The predicted molar refractivity (Wildman–Crippen MR) is 137 cm³/mol. The summed E-state index contributed by atoms with van der Waals surface area (Å²) in [5.74, 6) is 0.260. The number of phenols is 1. The molecule has 4 aromatic rings. The van der Waals surface area contributed by atoms with E-state index in [1.54, 1.807) is 6.07 Å². The molecule has 1 aliphatic heterocycles. The van der Waals surface area contributed by atoms with Gasteiger partial charge in [-0.3, -0.25) is 9.69 Å². The highest BCUT2D eigenvalue weighted by molar-refractivity contribution is 5.95. The molecular formula is C29H29N3O2. The number of nitrogens with one attached hydrogen (secondary N) is 2. The fourth-order valence-corrected chi connectivity index (χ4v) is 4.71. The van der Waals surface area contributed by atoms with E-state index in [1.807, 2.05) is 48.5 Å². The number of fused-ring (bicyclic) bond motifs is 3. The van der Waals surface area contributed by atoms with E-state index in [-0.39, 0.29) is 5.91 Å². The molecule has 172 valence electrons. The van der Waals surface area contributed by atoms with Gasteiger partial charge < -0.3 is 15.4 Å². The first kappa shape index (κ1) is 22.0. The lowest BCUT2D eigenvalue weighted by atomic mass is 10.0. The topological polar surface area (TPSA) is 68.4 Å². The van der Waals surface area contributed by atoms with Crippen LogP contribution in [0.4, 0.5) is 0 Å². The van der Waals surface area contributed by atoms with Crippen LogP contribution in [-0.4, -0.2) is 34.0 Å². The molecule has 1 amide bonds. The molecule has 0 saturated carbocycles. The Labute approximate surface area is 199 Å². The lowest BCUT2D eigenvalue weighted by molar-refractivity contribution is 0.0952. The van der Waals surface area contributed by atoms with Crippen molar-refractivity contribution in [3.8, 4) is 5.75 Å². The van der Waals surface area contributed by atoms with Crippen LogP contribution < -0.4 is 5.32 Å². The number of aromatic amines is 1. The van der Waals surface area contributed by atoms with Gasteiger partial charge in [-0.25, -0.2) is 0 Å². The number of aromatic nitrogens is 1. The number of rotatable bonds is 7. The number of aromatic hydroxyl groups is 1. The Morgan fingerprint density at radius 3 is 2.74 bits per heavy atom.